The van der Waals surface area contributed by atoms with Crippen LogP contribution in [0.1, 0.15) is 12.8 Å². The Kier molecular flexibility index (Phi) is 2.78. The van der Waals surface area contributed by atoms with Gasteiger partial charge in [0.25, 0.3) is 0 Å². The van der Waals surface area contributed by atoms with Crippen LogP contribution in [0.15, 0.2) is 52.9 Å². The predicted octanol–water partition coefficient (Wildman–Crippen LogP) is 4.18. The lowest BCUT2D eigenvalue weighted by Gasteiger charge is -2.01. The topological polar surface area (TPSA) is 13.1 Å². The highest BCUT2D eigenvalue weighted by molar-refractivity contribution is 9.14. The summed E-state index contributed by atoms with van der Waals surface area (Å²) < 4.78 is 7.34. The molecule has 1 aromatic heterocycles. The maximum absolute atomic E-state index is 6.17. The highest BCUT2D eigenvalue weighted by atomic mass is 79.9. The minimum Gasteiger partial charge on any atom is -0.455 e. The molecule has 1 aliphatic rings. The molecule has 0 spiro atoms. The summed E-state index contributed by atoms with van der Waals surface area (Å²) in [7, 11) is 0. The van der Waals surface area contributed by atoms with Crippen LogP contribution in [0.5, 0.6) is 0 Å². The van der Waals surface area contributed by atoms with Crippen LogP contribution in [0.3, 0.4) is 0 Å². The second kappa shape index (κ2) is 4.64. The number of fused-ring (bicyclic) bond motifs is 3. The van der Waals surface area contributed by atoms with Gasteiger partial charge in [-0.15, -0.1) is 0 Å². The van der Waals surface area contributed by atoms with Gasteiger partial charge in [-0.05, 0) is 18.4 Å². The Morgan fingerprint density at radius 3 is 2.65 bits per heavy atom. The van der Waals surface area contributed by atoms with E-state index in [9.17, 15) is 0 Å². The molecule has 98 valence electrons. The molecule has 0 atom stereocenters. The Morgan fingerprint density at radius 2 is 1.80 bits per heavy atom. The molecular formula is C18H13BrO. The van der Waals surface area contributed by atoms with Gasteiger partial charge < -0.3 is 4.42 Å². The van der Waals surface area contributed by atoms with Gasteiger partial charge in [0.05, 0.1) is 0 Å². The minimum atomic E-state index is 0.985. The molecule has 0 fully saturated rings. The van der Waals surface area contributed by atoms with Crippen LogP contribution < -0.4 is 10.6 Å². The third-order valence-electron chi connectivity index (χ3n) is 3.80. The van der Waals surface area contributed by atoms with Crippen LogP contribution in [-0.2, 0) is 0 Å². The molecule has 20 heavy (non-hydrogen) atoms. The van der Waals surface area contributed by atoms with Gasteiger partial charge in [-0.3, -0.25) is 0 Å². The predicted molar refractivity (Wildman–Crippen MR) is 86.9 cm³/mol. The van der Waals surface area contributed by atoms with E-state index >= 15 is 0 Å². The molecule has 1 nitrogen and oxygen atoms in total. The lowest BCUT2D eigenvalue weighted by molar-refractivity contribution is 0.571. The molecule has 1 heterocycles. The number of rotatable bonds is 1. The van der Waals surface area contributed by atoms with E-state index in [0.29, 0.717) is 0 Å². The number of para-hydroxylation sites is 1. The van der Waals surface area contributed by atoms with Gasteiger partial charge in [-0.1, -0.05) is 70.5 Å². The van der Waals surface area contributed by atoms with Gasteiger partial charge in [0.15, 0.2) is 0 Å². The third kappa shape index (κ3) is 1.75. The summed E-state index contributed by atoms with van der Waals surface area (Å²) in [5.41, 5.74) is 4.33. The van der Waals surface area contributed by atoms with Crippen molar-refractivity contribution < 1.29 is 4.42 Å². The van der Waals surface area contributed by atoms with Crippen molar-refractivity contribution in [1.29, 1.82) is 0 Å². The van der Waals surface area contributed by atoms with Crippen LogP contribution in [-0.4, -0.2) is 0 Å². The molecule has 0 N–H and O–H groups in total. The molecule has 2 aromatic carbocycles. The van der Waals surface area contributed by atoms with Gasteiger partial charge in [0.1, 0.15) is 11.0 Å². The molecule has 0 radical (unpaired) electrons. The summed E-state index contributed by atoms with van der Waals surface area (Å²) in [5.74, 6) is 0. The number of furan rings is 1. The van der Waals surface area contributed by atoms with Gasteiger partial charge in [-0.2, -0.15) is 0 Å². The number of halogens is 1. The highest BCUT2D eigenvalue weighted by Gasteiger charge is 2.13. The fourth-order valence-electron chi connectivity index (χ4n) is 2.84. The van der Waals surface area contributed by atoms with Crippen molar-refractivity contribution in [2.24, 2.45) is 0 Å². The van der Waals surface area contributed by atoms with E-state index in [1.165, 1.54) is 20.7 Å². The van der Waals surface area contributed by atoms with Crippen LogP contribution in [0.4, 0.5) is 0 Å². The Hall–Kier alpha value is -1.80. The van der Waals surface area contributed by atoms with E-state index in [1.54, 1.807) is 0 Å². The standard InChI is InChI=1S/C18H13BrO/c19-16-11-5-10-15-14-9-4-8-13(17(14)20-18(15)16)12-6-2-1-3-7-12/h1-4,6-10H,5,11H2. The first-order chi connectivity index (χ1) is 9.84. The summed E-state index contributed by atoms with van der Waals surface area (Å²) in [4.78, 5) is 0. The molecule has 0 bridgehead atoms. The normalized spacial score (nSPS) is 14.2. The van der Waals surface area contributed by atoms with Crippen molar-refractivity contribution in [2.45, 2.75) is 12.8 Å². The smallest absolute Gasteiger partial charge is 0.145 e. The Morgan fingerprint density at radius 1 is 0.950 bits per heavy atom. The lowest BCUT2D eigenvalue weighted by atomic mass is 10.0. The lowest BCUT2D eigenvalue weighted by Crippen LogP contribution is -2.24. The molecule has 0 aliphatic heterocycles. The molecule has 0 amide bonds. The van der Waals surface area contributed by atoms with Crippen molar-refractivity contribution in [3.05, 3.63) is 59.2 Å². The van der Waals surface area contributed by atoms with Crippen molar-refractivity contribution >= 4 is 37.5 Å². The second-order valence-corrected chi connectivity index (χ2v) is 6.00. The molecule has 1 aliphatic carbocycles. The first-order valence-electron chi connectivity index (χ1n) is 6.80. The molecule has 3 aromatic rings. The van der Waals surface area contributed by atoms with E-state index in [-0.39, 0.29) is 0 Å². The van der Waals surface area contributed by atoms with Crippen molar-refractivity contribution in [2.75, 3.05) is 0 Å². The fourth-order valence-corrected chi connectivity index (χ4v) is 3.37. The number of benzene rings is 2. The van der Waals surface area contributed by atoms with E-state index in [1.807, 2.05) is 6.07 Å². The van der Waals surface area contributed by atoms with Crippen LogP contribution in [0.2, 0.25) is 0 Å². The molecule has 4 rings (SSSR count). The Balaban J connectivity index is 2.14. The molecule has 0 saturated carbocycles. The molecule has 0 saturated heterocycles. The van der Waals surface area contributed by atoms with E-state index < -0.39 is 0 Å². The van der Waals surface area contributed by atoms with Crippen LogP contribution in [0, 0.1) is 0 Å². The zero-order valence-corrected chi connectivity index (χ0v) is 12.5. The maximum atomic E-state index is 6.17. The fraction of sp³-hybridized carbons (Fsp3) is 0.111. The quantitative estimate of drug-likeness (QED) is 0.654. The summed E-state index contributed by atoms with van der Waals surface area (Å²) in [6, 6.07) is 16.8. The average molecular weight is 325 g/mol. The van der Waals surface area contributed by atoms with Crippen molar-refractivity contribution in [3.63, 3.8) is 0 Å². The number of hydrogen-bond acceptors (Lipinski definition) is 1. The van der Waals surface area contributed by atoms with Gasteiger partial charge in [0, 0.05) is 20.7 Å². The number of hydrogen-bond donors (Lipinski definition) is 0. The Labute approximate surface area is 125 Å². The second-order valence-electron chi connectivity index (χ2n) is 5.04. The van der Waals surface area contributed by atoms with E-state index in [2.05, 4.69) is 64.5 Å². The summed E-state index contributed by atoms with van der Waals surface area (Å²) in [6.45, 7) is 0. The van der Waals surface area contributed by atoms with E-state index in [4.69, 9.17) is 4.42 Å². The van der Waals surface area contributed by atoms with Gasteiger partial charge in [-0.25, -0.2) is 0 Å². The van der Waals surface area contributed by atoms with Crippen LogP contribution >= 0.6 is 15.9 Å². The van der Waals surface area contributed by atoms with E-state index in [0.717, 1.165) is 29.4 Å². The molecule has 0 unspecified atom stereocenters. The SMILES string of the molecule is BrC1=c2oc3c(-c4ccccc4)cccc3c2=CCC1. The van der Waals surface area contributed by atoms with Crippen LogP contribution in [0.25, 0.3) is 32.7 Å². The maximum Gasteiger partial charge on any atom is 0.145 e. The first kappa shape index (κ1) is 12.0. The van der Waals surface area contributed by atoms with Gasteiger partial charge >= 0.3 is 0 Å². The average Bonchev–Trinajstić information content (AvgIpc) is 2.88. The largest absolute Gasteiger partial charge is 0.455 e. The minimum absolute atomic E-state index is 0.985. The monoisotopic (exact) mass is 324 g/mol. The first-order valence-corrected chi connectivity index (χ1v) is 7.60. The molecule has 2 heteroatoms. The summed E-state index contributed by atoms with van der Waals surface area (Å²) in [6.07, 6.45) is 4.37. The Bertz CT molecular complexity index is 904. The van der Waals surface area contributed by atoms with Crippen molar-refractivity contribution in [3.8, 4) is 11.1 Å². The van der Waals surface area contributed by atoms with Crippen molar-refractivity contribution in [1.82, 2.24) is 0 Å². The molecular weight excluding hydrogens is 312 g/mol. The summed E-state index contributed by atoms with van der Waals surface area (Å²) in [5, 5.41) is 2.44. The zero-order chi connectivity index (χ0) is 13.5. The highest BCUT2D eigenvalue weighted by Crippen LogP contribution is 2.27. The third-order valence-corrected chi connectivity index (χ3v) is 4.55. The summed E-state index contributed by atoms with van der Waals surface area (Å²) >= 11 is 3.65. The van der Waals surface area contributed by atoms with Gasteiger partial charge in [0.2, 0.25) is 0 Å². The zero-order valence-electron chi connectivity index (χ0n) is 10.9.